The minimum atomic E-state index is -0.602. The van der Waals surface area contributed by atoms with Crippen molar-refractivity contribution in [2.24, 2.45) is 5.10 Å². The van der Waals surface area contributed by atoms with Crippen LogP contribution in [0, 0.1) is 6.92 Å². The number of halogens is 1. The minimum Gasteiger partial charge on any atom is -0.493 e. The lowest BCUT2D eigenvalue weighted by molar-refractivity contribution is 0.0729. The van der Waals surface area contributed by atoms with Gasteiger partial charge in [-0.3, -0.25) is 4.79 Å². The van der Waals surface area contributed by atoms with Gasteiger partial charge in [0.1, 0.15) is 5.69 Å². The molecule has 194 valence electrons. The molecule has 0 saturated carbocycles. The van der Waals surface area contributed by atoms with Gasteiger partial charge >= 0.3 is 5.97 Å². The molecule has 5 rings (SSSR count). The molecule has 39 heavy (non-hydrogen) atoms. The second-order valence-corrected chi connectivity index (χ2v) is 9.18. The van der Waals surface area contributed by atoms with Gasteiger partial charge in [-0.25, -0.2) is 10.2 Å². The first-order valence-corrected chi connectivity index (χ1v) is 12.5. The molecular formula is C31H24ClN3O4. The van der Waals surface area contributed by atoms with E-state index in [9.17, 15) is 9.59 Å². The number of nitrogens with one attached hydrogen (secondary N) is 2. The summed E-state index contributed by atoms with van der Waals surface area (Å²) in [6.45, 7) is 2.02. The quantitative estimate of drug-likeness (QED) is 0.103. The largest absolute Gasteiger partial charge is 0.493 e. The van der Waals surface area contributed by atoms with Crippen molar-refractivity contribution < 1.29 is 19.1 Å². The predicted octanol–water partition coefficient (Wildman–Crippen LogP) is 6.79. The summed E-state index contributed by atoms with van der Waals surface area (Å²) in [7, 11) is 1.47. The normalized spacial score (nSPS) is 11.1. The van der Waals surface area contributed by atoms with Gasteiger partial charge in [0.25, 0.3) is 5.91 Å². The number of carbonyl (C=O) groups excluding carboxylic acids is 2. The number of hydrogen-bond donors (Lipinski definition) is 2. The van der Waals surface area contributed by atoms with Gasteiger partial charge in [-0.05, 0) is 60.5 Å². The lowest BCUT2D eigenvalue weighted by atomic mass is 10.0. The summed E-state index contributed by atoms with van der Waals surface area (Å²) in [5, 5.41) is 5.39. The summed E-state index contributed by atoms with van der Waals surface area (Å²) in [4.78, 5) is 29.0. The van der Waals surface area contributed by atoms with E-state index in [-0.39, 0.29) is 17.2 Å². The number of amides is 1. The third-order valence-corrected chi connectivity index (χ3v) is 6.44. The second-order valence-electron chi connectivity index (χ2n) is 8.77. The SMILES string of the molecule is COc1cc(C=NNC(=O)c2[nH]c3ccc(C)cc3c2-c2ccccc2)ccc1OC(=O)c1ccccc1Cl. The van der Waals surface area contributed by atoms with Crippen LogP contribution in [0.3, 0.4) is 0 Å². The Bertz CT molecular complexity index is 1710. The van der Waals surface area contributed by atoms with Crippen molar-refractivity contribution in [2.45, 2.75) is 6.92 Å². The summed E-state index contributed by atoms with van der Waals surface area (Å²) in [5.74, 6) is -0.431. The van der Waals surface area contributed by atoms with Gasteiger partial charge in [0.05, 0.1) is 23.9 Å². The zero-order chi connectivity index (χ0) is 27.4. The summed E-state index contributed by atoms with van der Waals surface area (Å²) >= 11 is 6.10. The Morgan fingerprint density at radius 1 is 0.923 bits per heavy atom. The Kier molecular flexibility index (Phi) is 7.43. The van der Waals surface area contributed by atoms with Gasteiger partial charge in [0.15, 0.2) is 11.5 Å². The van der Waals surface area contributed by atoms with E-state index < -0.39 is 5.97 Å². The molecule has 4 aromatic carbocycles. The van der Waals surface area contributed by atoms with E-state index in [0.29, 0.717) is 22.0 Å². The van der Waals surface area contributed by atoms with Crippen LogP contribution in [0.1, 0.15) is 32.0 Å². The molecular weight excluding hydrogens is 514 g/mol. The first-order chi connectivity index (χ1) is 18.9. The molecule has 0 saturated heterocycles. The summed E-state index contributed by atoms with van der Waals surface area (Å²) in [5.41, 5.74) is 7.59. The summed E-state index contributed by atoms with van der Waals surface area (Å²) < 4.78 is 10.9. The molecule has 0 fully saturated rings. The number of benzene rings is 4. The van der Waals surface area contributed by atoms with Crippen molar-refractivity contribution in [3.63, 3.8) is 0 Å². The van der Waals surface area contributed by atoms with E-state index >= 15 is 0 Å². The first kappa shape index (κ1) is 25.8. The zero-order valence-electron chi connectivity index (χ0n) is 21.2. The third kappa shape index (κ3) is 5.54. The number of carbonyl (C=O) groups is 2. The maximum Gasteiger partial charge on any atom is 0.345 e. The number of ether oxygens (including phenoxy) is 2. The van der Waals surface area contributed by atoms with Gasteiger partial charge in [-0.15, -0.1) is 0 Å². The number of aryl methyl sites for hydroxylation is 1. The number of hydrogen-bond acceptors (Lipinski definition) is 5. The number of hydrazone groups is 1. The molecule has 0 radical (unpaired) electrons. The van der Waals surface area contributed by atoms with Crippen LogP contribution in [-0.4, -0.2) is 30.2 Å². The van der Waals surface area contributed by atoms with Crippen LogP contribution in [-0.2, 0) is 0 Å². The van der Waals surface area contributed by atoms with E-state index in [1.807, 2.05) is 49.4 Å². The van der Waals surface area contributed by atoms with Crippen LogP contribution in [0.2, 0.25) is 5.02 Å². The second kappa shape index (κ2) is 11.2. The number of nitrogens with zero attached hydrogens (tertiary/aromatic N) is 1. The lowest BCUT2D eigenvalue weighted by Gasteiger charge is -2.10. The fourth-order valence-electron chi connectivity index (χ4n) is 4.23. The number of rotatable bonds is 7. The van der Waals surface area contributed by atoms with E-state index in [1.54, 1.807) is 42.5 Å². The number of esters is 1. The monoisotopic (exact) mass is 537 g/mol. The Balaban J connectivity index is 1.35. The van der Waals surface area contributed by atoms with Crippen LogP contribution in [0.15, 0.2) is 96.1 Å². The molecule has 0 bridgehead atoms. The molecule has 0 aliphatic heterocycles. The van der Waals surface area contributed by atoms with Crippen molar-refractivity contribution in [3.05, 3.63) is 118 Å². The average molecular weight is 538 g/mol. The molecule has 1 heterocycles. The number of H-pyrrole nitrogens is 1. The fraction of sp³-hybridized carbons (Fsp3) is 0.0645. The maximum atomic E-state index is 13.2. The number of aromatic amines is 1. The number of fused-ring (bicyclic) bond motifs is 1. The van der Waals surface area contributed by atoms with Crippen molar-refractivity contribution >= 4 is 40.6 Å². The molecule has 2 N–H and O–H groups in total. The van der Waals surface area contributed by atoms with Gasteiger partial charge in [-0.1, -0.05) is 65.7 Å². The highest BCUT2D eigenvalue weighted by Crippen LogP contribution is 2.33. The van der Waals surface area contributed by atoms with E-state index in [4.69, 9.17) is 21.1 Å². The van der Waals surface area contributed by atoms with Crippen molar-refractivity contribution in [1.29, 1.82) is 0 Å². The standard InChI is InChI=1S/C31H24ClN3O4/c1-19-12-14-25-23(16-19)28(21-8-4-3-5-9-21)29(34-25)30(36)35-33-18-20-13-15-26(27(17-20)38-2)39-31(37)22-10-6-7-11-24(22)32/h3-18,34H,1-2H3,(H,35,36). The molecule has 0 aliphatic rings. The lowest BCUT2D eigenvalue weighted by Crippen LogP contribution is -2.18. The van der Waals surface area contributed by atoms with Crippen LogP contribution in [0.4, 0.5) is 0 Å². The predicted molar refractivity (Wildman–Crippen MR) is 153 cm³/mol. The van der Waals surface area contributed by atoms with Crippen LogP contribution in [0.25, 0.3) is 22.0 Å². The molecule has 1 amide bonds. The first-order valence-electron chi connectivity index (χ1n) is 12.1. The van der Waals surface area contributed by atoms with Crippen LogP contribution in [0.5, 0.6) is 11.5 Å². The van der Waals surface area contributed by atoms with Crippen molar-refractivity contribution in [2.75, 3.05) is 7.11 Å². The van der Waals surface area contributed by atoms with Gasteiger partial charge in [0, 0.05) is 16.5 Å². The molecule has 7 nitrogen and oxygen atoms in total. The van der Waals surface area contributed by atoms with Crippen molar-refractivity contribution in [1.82, 2.24) is 10.4 Å². The Morgan fingerprint density at radius 3 is 2.46 bits per heavy atom. The average Bonchev–Trinajstić information content (AvgIpc) is 3.33. The molecule has 1 aromatic heterocycles. The fourth-order valence-corrected chi connectivity index (χ4v) is 4.45. The smallest absolute Gasteiger partial charge is 0.345 e. The van der Waals surface area contributed by atoms with E-state index in [0.717, 1.165) is 27.6 Å². The Morgan fingerprint density at radius 2 is 1.69 bits per heavy atom. The molecule has 8 heteroatoms. The van der Waals surface area contributed by atoms with E-state index in [2.05, 4.69) is 21.6 Å². The highest BCUT2D eigenvalue weighted by Gasteiger charge is 2.19. The highest BCUT2D eigenvalue weighted by atomic mass is 35.5. The number of methoxy groups -OCH3 is 1. The number of aromatic nitrogens is 1. The Labute approximate surface area is 230 Å². The van der Waals surface area contributed by atoms with Crippen LogP contribution >= 0.6 is 11.6 Å². The molecule has 0 spiro atoms. The topological polar surface area (TPSA) is 92.8 Å². The third-order valence-electron chi connectivity index (χ3n) is 6.11. The molecule has 0 atom stereocenters. The zero-order valence-corrected chi connectivity index (χ0v) is 22.0. The molecule has 5 aromatic rings. The highest BCUT2D eigenvalue weighted by molar-refractivity contribution is 6.33. The maximum absolute atomic E-state index is 13.2. The minimum absolute atomic E-state index is 0.226. The van der Waals surface area contributed by atoms with Gasteiger partial charge in [-0.2, -0.15) is 5.10 Å². The Hall–Kier alpha value is -4.88. The van der Waals surface area contributed by atoms with Gasteiger partial charge < -0.3 is 14.5 Å². The van der Waals surface area contributed by atoms with Crippen molar-refractivity contribution in [3.8, 4) is 22.6 Å². The van der Waals surface area contributed by atoms with Gasteiger partial charge in [0.2, 0.25) is 0 Å². The summed E-state index contributed by atoms with van der Waals surface area (Å²) in [6.07, 6.45) is 1.48. The molecule has 0 aliphatic carbocycles. The van der Waals surface area contributed by atoms with E-state index in [1.165, 1.54) is 13.3 Å². The summed E-state index contributed by atoms with van der Waals surface area (Å²) in [6, 6.07) is 27.3. The molecule has 0 unspecified atom stereocenters. The van der Waals surface area contributed by atoms with Crippen LogP contribution < -0.4 is 14.9 Å².